The average molecular weight is 290 g/mol. The zero-order valence-electron chi connectivity index (χ0n) is 13.5. The van der Waals surface area contributed by atoms with E-state index < -0.39 is 0 Å². The smallest absolute Gasteiger partial charge is 0.275 e. The first kappa shape index (κ1) is 15.8. The molecule has 0 aliphatic carbocycles. The lowest BCUT2D eigenvalue weighted by Gasteiger charge is -2.26. The Hall–Kier alpha value is -1.55. The molecule has 2 N–H and O–H groups in total. The number of benzene rings is 1. The van der Waals surface area contributed by atoms with Crippen molar-refractivity contribution in [1.29, 1.82) is 0 Å². The Balaban J connectivity index is 1.73. The predicted molar refractivity (Wildman–Crippen MR) is 86.6 cm³/mol. The van der Waals surface area contributed by atoms with Crippen molar-refractivity contribution in [1.82, 2.24) is 5.32 Å². The Morgan fingerprint density at radius 3 is 2.43 bits per heavy atom. The monoisotopic (exact) mass is 290 g/mol. The quantitative estimate of drug-likeness (QED) is 0.837. The van der Waals surface area contributed by atoms with Crippen LogP contribution in [0.25, 0.3) is 0 Å². The number of rotatable bonds is 5. The largest absolute Gasteiger partial charge is 0.378 e. The van der Waals surface area contributed by atoms with Crippen molar-refractivity contribution in [3.63, 3.8) is 0 Å². The van der Waals surface area contributed by atoms with Crippen LogP contribution >= 0.6 is 0 Å². The van der Waals surface area contributed by atoms with Gasteiger partial charge in [0, 0.05) is 26.3 Å². The molecule has 0 radical (unpaired) electrons. The molecule has 1 fully saturated rings. The second-order valence-corrected chi connectivity index (χ2v) is 6.45. The van der Waals surface area contributed by atoms with Gasteiger partial charge in [-0.15, -0.1) is 0 Å². The van der Waals surface area contributed by atoms with Crippen LogP contribution < -0.4 is 15.1 Å². The molecule has 1 aliphatic rings. The molecular formula is C17H28N3O+. The van der Waals surface area contributed by atoms with E-state index in [2.05, 4.69) is 41.4 Å². The second-order valence-electron chi connectivity index (χ2n) is 6.45. The normalized spacial score (nSPS) is 21.9. The van der Waals surface area contributed by atoms with E-state index in [1.807, 2.05) is 14.1 Å². The van der Waals surface area contributed by atoms with Gasteiger partial charge in [0.15, 0.2) is 6.54 Å². The minimum absolute atomic E-state index is 0.163. The van der Waals surface area contributed by atoms with E-state index >= 15 is 0 Å². The Morgan fingerprint density at radius 2 is 1.86 bits per heavy atom. The maximum absolute atomic E-state index is 12.0. The van der Waals surface area contributed by atoms with Crippen LogP contribution in [-0.2, 0) is 11.3 Å². The van der Waals surface area contributed by atoms with Gasteiger partial charge in [-0.1, -0.05) is 19.1 Å². The van der Waals surface area contributed by atoms with Gasteiger partial charge in [-0.2, -0.15) is 0 Å². The van der Waals surface area contributed by atoms with Crippen LogP contribution in [0.5, 0.6) is 0 Å². The lowest BCUT2D eigenvalue weighted by molar-refractivity contribution is -0.898. The van der Waals surface area contributed by atoms with E-state index in [1.54, 1.807) is 0 Å². The Kier molecular flexibility index (Phi) is 5.62. The molecule has 1 heterocycles. The molecule has 0 atom stereocenters. The maximum Gasteiger partial charge on any atom is 0.275 e. The number of anilines is 1. The van der Waals surface area contributed by atoms with Gasteiger partial charge >= 0.3 is 0 Å². The maximum atomic E-state index is 12.0. The van der Waals surface area contributed by atoms with Crippen LogP contribution in [0.1, 0.15) is 25.3 Å². The zero-order valence-corrected chi connectivity index (χ0v) is 13.5. The summed E-state index contributed by atoms with van der Waals surface area (Å²) in [5.74, 6) is 0.989. The zero-order chi connectivity index (χ0) is 15.2. The van der Waals surface area contributed by atoms with E-state index in [4.69, 9.17) is 0 Å². The van der Waals surface area contributed by atoms with Gasteiger partial charge in [-0.05, 0) is 36.5 Å². The highest BCUT2D eigenvalue weighted by molar-refractivity contribution is 5.76. The summed E-state index contributed by atoms with van der Waals surface area (Å²) in [6.07, 6.45) is 2.49. The molecule has 1 aromatic rings. The SMILES string of the molecule is CC1CC[NH+](CC(=O)NCc2ccc(N(C)C)cc2)CC1. The minimum Gasteiger partial charge on any atom is -0.378 e. The lowest BCUT2D eigenvalue weighted by Crippen LogP contribution is -3.14. The third-order valence-electron chi connectivity index (χ3n) is 4.33. The number of hydrogen-bond donors (Lipinski definition) is 2. The fraction of sp³-hybridized carbons (Fsp3) is 0.588. The molecule has 21 heavy (non-hydrogen) atoms. The standard InChI is InChI=1S/C17H27N3O/c1-14-8-10-20(11-9-14)13-17(21)18-12-15-4-6-16(7-5-15)19(2)3/h4-7,14H,8-13H2,1-3H3,(H,18,21)/p+1. The van der Waals surface area contributed by atoms with Crippen LogP contribution in [0.4, 0.5) is 5.69 Å². The topological polar surface area (TPSA) is 36.8 Å². The van der Waals surface area contributed by atoms with Crippen LogP contribution in [0, 0.1) is 5.92 Å². The first-order chi connectivity index (χ1) is 10.0. The molecule has 1 amide bonds. The molecule has 1 saturated heterocycles. The third kappa shape index (κ3) is 5.05. The number of quaternary nitrogens is 1. The van der Waals surface area contributed by atoms with E-state index in [9.17, 15) is 4.79 Å². The third-order valence-corrected chi connectivity index (χ3v) is 4.33. The molecule has 4 nitrogen and oxygen atoms in total. The highest BCUT2D eigenvalue weighted by atomic mass is 16.2. The number of carbonyl (C=O) groups excluding carboxylic acids is 1. The summed E-state index contributed by atoms with van der Waals surface area (Å²) in [5.41, 5.74) is 2.33. The van der Waals surface area contributed by atoms with Crippen molar-refractivity contribution in [3.8, 4) is 0 Å². The summed E-state index contributed by atoms with van der Waals surface area (Å²) in [7, 11) is 4.05. The van der Waals surface area contributed by atoms with Crippen LogP contribution in [0.15, 0.2) is 24.3 Å². The summed E-state index contributed by atoms with van der Waals surface area (Å²) in [6.45, 7) is 5.80. The summed E-state index contributed by atoms with van der Waals surface area (Å²) in [6, 6.07) is 8.31. The fourth-order valence-electron chi connectivity index (χ4n) is 2.75. The Labute approximate surface area is 128 Å². The first-order valence-corrected chi connectivity index (χ1v) is 7.91. The van der Waals surface area contributed by atoms with Crippen molar-refractivity contribution >= 4 is 11.6 Å². The summed E-state index contributed by atoms with van der Waals surface area (Å²) >= 11 is 0. The summed E-state index contributed by atoms with van der Waals surface area (Å²) in [5, 5.41) is 3.03. The van der Waals surface area contributed by atoms with Crippen molar-refractivity contribution in [3.05, 3.63) is 29.8 Å². The van der Waals surface area contributed by atoms with Crippen molar-refractivity contribution in [2.45, 2.75) is 26.3 Å². The van der Waals surface area contributed by atoms with Crippen LogP contribution in [0.2, 0.25) is 0 Å². The van der Waals surface area contributed by atoms with Crippen molar-refractivity contribution in [2.24, 2.45) is 5.92 Å². The van der Waals surface area contributed by atoms with Gasteiger partial charge in [0.05, 0.1) is 13.1 Å². The molecule has 116 valence electrons. The van der Waals surface area contributed by atoms with Crippen LogP contribution in [0.3, 0.4) is 0 Å². The van der Waals surface area contributed by atoms with Gasteiger partial charge in [0.1, 0.15) is 0 Å². The molecule has 1 aromatic carbocycles. The number of carbonyl (C=O) groups is 1. The number of likely N-dealkylation sites (tertiary alicyclic amines) is 1. The van der Waals surface area contributed by atoms with Gasteiger partial charge < -0.3 is 15.1 Å². The average Bonchev–Trinajstić information content (AvgIpc) is 2.48. The van der Waals surface area contributed by atoms with E-state index in [-0.39, 0.29) is 5.91 Å². The highest BCUT2D eigenvalue weighted by Crippen LogP contribution is 2.11. The number of nitrogens with zero attached hydrogens (tertiary/aromatic N) is 1. The van der Waals surface area contributed by atoms with E-state index in [1.165, 1.54) is 23.4 Å². The number of amides is 1. The van der Waals surface area contributed by atoms with Gasteiger partial charge in [0.25, 0.3) is 5.91 Å². The molecule has 0 unspecified atom stereocenters. The molecule has 0 spiro atoms. The van der Waals surface area contributed by atoms with Crippen molar-refractivity contribution in [2.75, 3.05) is 38.6 Å². The lowest BCUT2D eigenvalue weighted by atomic mass is 9.99. The number of hydrogen-bond acceptors (Lipinski definition) is 2. The molecule has 0 bridgehead atoms. The number of piperidine rings is 1. The van der Waals surface area contributed by atoms with E-state index in [0.717, 1.165) is 24.6 Å². The molecule has 1 aliphatic heterocycles. The fourth-order valence-corrected chi connectivity index (χ4v) is 2.75. The molecule has 2 rings (SSSR count). The molecule has 4 heteroatoms. The summed E-state index contributed by atoms with van der Waals surface area (Å²) < 4.78 is 0. The van der Waals surface area contributed by atoms with E-state index in [0.29, 0.717) is 13.1 Å². The molecular weight excluding hydrogens is 262 g/mol. The Bertz CT molecular complexity index is 448. The van der Waals surface area contributed by atoms with Gasteiger partial charge in [-0.25, -0.2) is 0 Å². The minimum atomic E-state index is 0.163. The molecule has 0 saturated carbocycles. The Morgan fingerprint density at radius 1 is 1.24 bits per heavy atom. The van der Waals surface area contributed by atoms with Crippen LogP contribution in [-0.4, -0.2) is 39.6 Å². The van der Waals surface area contributed by atoms with Crippen molar-refractivity contribution < 1.29 is 9.69 Å². The second kappa shape index (κ2) is 7.46. The summed E-state index contributed by atoms with van der Waals surface area (Å²) in [4.78, 5) is 15.5. The molecule has 0 aromatic heterocycles. The van der Waals surface area contributed by atoms with Gasteiger partial charge in [-0.3, -0.25) is 4.79 Å². The number of nitrogens with one attached hydrogen (secondary N) is 2. The van der Waals surface area contributed by atoms with Gasteiger partial charge in [0.2, 0.25) is 0 Å². The first-order valence-electron chi connectivity index (χ1n) is 7.91. The highest BCUT2D eigenvalue weighted by Gasteiger charge is 2.20. The predicted octanol–water partition coefficient (Wildman–Crippen LogP) is 0.684.